The second-order valence-electron chi connectivity index (χ2n) is 9.06. The molecule has 1 aliphatic carbocycles. The maximum absolute atomic E-state index is 13.5. The number of carbonyl (C=O) groups excluding carboxylic acids is 2. The van der Waals surface area contributed by atoms with Crippen molar-refractivity contribution in [3.05, 3.63) is 83.7 Å². The van der Waals surface area contributed by atoms with Crippen molar-refractivity contribution < 1.29 is 9.59 Å². The summed E-state index contributed by atoms with van der Waals surface area (Å²) in [6.07, 6.45) is 8.14. The first-order valence-corrected chi connectivity index (χ1v) is 11.9. The van der Waals surface area contributed by atoms with Crippen molar-refractivity contribution >= 4 is 17.5 Å². The maximum Gasteiger partial charge on any atom is 0.230 e. The first-order chi connectivity index (χ1) is 16.2. The summed E-state index contributed by atoms with van der Waals surface area (Å²) in [5, 5.41) is 7.44. The van der Waals surface area contributed by atoms with Crippen molar-refractivity contribution in [3.8, 4) is 0 Å². The van der Waals surface area contributed by atoms with Crippen molar-refractivity contribution in [2.75, 3.05) is 11.4 Å². The SMILES string of the molecule is O=C(NCc1ccccc1Cn1cccn1)C1CCCCC1C(=O)N1CCc2ccccc21. The molecule has 2 atom stereocenters. The summed E-state index contributed by atoms with van der Waals surface area (Å²) >= 11 is 0. The van der Waals surface area contributed by atoms with Gasteiger partial charge >= 0.3 is 0 Å². The summed E-state index contributed by atoms with van der Waals surface area (Å²) in [4.78, 5) is 28.7. The summed E-state index contributed by atoms with van der Waals surface area (Å²) in [7, 11) is 0. The van der Waals surface area contributed by atoms with E-state index in [-0.39, 0.29) is 23.7 Å². The standard InChI is InChI=1S/C27H30N4O2/c32-26(28-18-21-9-1-2-10-22(21)19-30-16-7-15-29-30)23-11-4-5-12-24(23)27(33)31-17-14-20-8-3-6-13-25(20)31/h1-3,6-10,13,15-16,23-24H,4-5,11-12,14,17-19H2,(H,28,32). The van der Waals surface area contributed by atoms with Gasteiger partial charge in [0.05, 0.1) is 12.5 Å². The number of carbonyl (C=O) groups is 2. The molecule has 2 heterocycles. The fourth-order valence-corrected chi connectivity index (χ4v) is 5.27. The molecular formula is C27H30N4O2. The van der Waals surface area contributed by atoms with E-state index in [0.717, 1.165) is 48.9 Å². The second kappa shape index (κ2) is 9.61. The van der Waals surface area contributed by atoms with Crippen molar-refractivity contribution in [1.29, 1.82) is 0 Å². The Labute approximate surface area is 194 Å². The molecule has 2 amide bonds. The molecule has 6 nitrogen and oxygen atoms in total. The van der Waals surface area contributed by atoms with Crippen molar-refractivity contribution in [1.82, 2.24) is 15.1 Å². The van der Waals surface area contributed by atoms with Crippen LogP contribution in [0.1, 0.15) is 42.4 Å². The van der Waals surface area contributed by atoms with Crippen molar-refractivity contribution in [3.63, 3.8) is 0 Å². The van der Waals surface area contributed by atoms with E-state index in [9.17, 15) is 9.59 Å². The number of anilines is 1. The van der Waals surface area contributed by atoms with E-state index in [4.69, 9.17) is 0 Å². The first kappa shape index (κ1) is 21.4. The Morgan fingerprint density at radius 3 is 2.52 bits per heavy atom. The van der Waals surface area contributed by atoms with E-state index in [0.29, 0.717) is 19.6 Å². The van der Waals surface area contributed by atoms with Gasteiger partial charge in [0.2, 0.25) is 11.8 Å². The summed E-state index contributed by atoms with van der Waals surface area (Å²) < 4.78 is 1.88. The highest BCUT2D eigenvalue weighted by Crippen LogP contribution is 2.36. The van der Waals surface area contributed by atoms with Gasteiger partial charge in [0.1, 0.15) is 0 Å². The van der Waals surface area contributed by atoms with Gasteiger partial charge in [-0.15, -0.1) is 0 Å². The number of nitrogens with one attached hydrogen (secondary N) is 1. The molecular weight excluding hydrogens is 412 g/mol. The third kappa shape index (κ3) is 4.56. The predicted molar refractivity (Wildman–Crippen MR) is 128 cm³/mol. The minimum absolute atomic E-state index is 0.00516. The normalized spacial score (nSPS) is 19.8. The Hall–Kier alpha value is -3.41. The fraction of sp³-hybridized carbons (Fsp3) is 0.370. The summed E-state index contributed by atoms with van der Waals surface area (Å²) in [6.45, 7) is 1.84. The number of amides is 2. The van der Waals surface area contributed by atoms with Crippen LogP contribution in [0.25, 0.3) is 0 Å². The lowest BCUT2D eigenvalue weighted by atomic mass is 9.77. The Kier molecular flexibility index (Phi) is 6.24. The van der Waals surface area contributed by atoms with Crippen LogP contribution < -0.4 is 10.2 Å². The number of nitrogens with zero attached hydrogens (tertiary/aromatic N) is 3. The van der Waals surface area contributed by atoms with Crippen LogP contribution in [0, 0.1) is 11.8 Å². The highest BCUT2D eigenvalue weighted by atomic mass is 16.2. The Morgan fingerprint density at radius 2 is 1.70 bits per heavy atom. The number of para-hydroxylation sites is 1. The molecule has 1 fully saturated rings. The van der Waals surface area contributed by atoms with Gasteiger partial charge in [-0.2, -0.15) is 5.10 Å². The molecule has 1 aliphatic heterocycles. The molecule has 1 saturated carbocycles. The molecule has 170 valence electrons. The third-order valence-electron chi connectivity index (χ3n) is 7.04. The Balaban J connectivity index is 1.27. The van der Waals surface area contributed by atoms with E-state index >= 15 is 0 Å². The van der Waals surface area contributed by atoms with E-state index in [2.05, 4.69) is 22.5 Å². The summed E-state index contributed by atoms with van der Waals surface area (Å²) in [5.41, 5.74) is 4.44. The molecule has 1 N–H and O–H groups in total. The van der Waals surface area contributed by atoms with Gasteiger partial charge < -0.3 is 10.2 Å². The average molecular weight is 443 g/mol. The largest absolute Gasteiger partial charge is 0.352 e. The first-order valence-electron chi connectivity index (χ1n) is 11.9. The molecule has 3 aromatic rings. The highest BCUT2D eigenvalue weighted by molar-refractivity contribution is 5.99. The number of aromatic nitrogens is 2. The highest BCUT2D eigenvalue weighted by Gasteiger charge is 2.39. The van der Waals surface area contributed by atoms with Crippen LogP contribution >= 0.6 is 0 Å². The molecule has 2 aromatic carbocycles. The van der Waals surface area contributed by atoms with Crippen LogP contribution in [0.2, 0.25) is 0 Å². The van der Waals surface area contributed by atoms with E-state index in [1.165, 1.54) is 5.56 Å². The van der Waals surface area contributed by atoms with Crippen LogP contribution in [0.5, 0.6) is 0 Å². The maximum atomic E-state index is 13.5. The van der Waals surface area contributed by atoms with Gasteiger partial charge in [-0.25, -0.2) is 0 Å². The number of hydrogen-bond acceptors (Lipinski definition) is 3. The monoisotopic (exact) mass is 442 g/mol. The molecule has 2 aliphatic rings. The molecule has 0 spiro atoms. The molecule has 33 heavy (non-hydrogen) atoms. The minimum atomic E-state index is -0.266. The molecule has 2 unspecified atom stereocenters. The molecule has 5 rings (SSSR count). The molecule has 0 radical (unpaired) electrons. The van der Waals surface area contributed by atoms with Gasteiger partial charge in [0, 0.05) is 37.1 Å². The van der Waals surface area contributed by atoms with Gasteiger partial charge in [-0.3, -0.25) is 14.3 Å². The van der Waals surface area contributed by atoms with Crippen molar-refractivity contribution in [2.45, 2.75) is 45.2 Å². The van der Waals surface area contributed by atoms with E-state index in [1.54, 1.807) is 6.20 Å². The van der Waals surface area contributed by atoms with E-state index < -0.39 is 0 Å². The van der Waals surface area contributed by atoms with E-state index in [1.807, 2.05) is 58.2 Å². The zero-order chi connectivity index (χ0) is 22.6. The summed E-state index contributed by atoms with van der Waals surface area (Å²) in [6, 6.07) is 18.1. The number of hydrogen-bond donors (Lipinski definition) is 1. The molecule has 1 aromatic heterocycles. The zero-order valence-electron chi connectivity index (χ0n) is 18.8. The fourth-order valence-electron chi connectivity index (χ4n) is 5.27. The lowest BCUT2D eigenvalue weighted by molar-refractivity contribution is -0.135. The van der Waals surface area contributed by atoms with Crippen LogP contribution in [0.4, 0.5) is 5.69 Å². The van der Waals surface area contributed by atoms with Gasteiger partial charge in [0.25, 0.3) is 0 Å². The molecule has 0 saturated heterocycles. The average Bonchev–Trinajstić information content (AvgIpc) is 3.53. The smallest absolute Gasteiger partial charge is 0.230 e. The number of rotatable bonds is 6. The van der Waals surface area contributed by atoms with Gasteiger partial charge in [-0.05, 0) is 48.1 Å². The van der Waals surface area contributed by atoms with Crippen molar-refractivity contribution in [2.24, 2.45) is 11.8 Å². The number of fused-ring (bicyclic) bond motifs is 1. The van der Waals surface area contributed by atoms with Crippen LogP contribution in [0.15, 0.2) is 67.0 Å². The quantitative estimate of drug-likeness (QED) is 0.629. The van der Waals surface area contributed by atoms with Gasteiger partial charge in [0.15, 0.2) is 0 Å². The van der Waals surface area contributed by atoms with Gasteiger partial charge in [-0.1, -0.05) is 55.3 Å². The molecule has 6 heteroatoms. The Bertz CT molecular complexity index is 1120. The third-order valence-corrected chi connectivity index (χ3v) is 7.04. The van der Waals surface area contributed by atoms with Crippen LogP contribution in [0.3, 0.4) is 0 Å². The lowest BCUT2D eigenvalue weighted by Crippen LogP contribution is -2.45. The topological polar surface area (TPSA) is 67.2 Å². The lowest BCUT2D eigenvalue weighted by Gasteiger charge is -2.32. The Morgan fingerprint density at radius 1 is 0.939 bits per heavy atom. The number of benzene rings is 2. The van der Waals surface area contributed by atoms with Crippen LogP contribution in [-0.4, -0.2) is 28.1 Å². The summed E-state index contributed by atoms with van der Waals surface area (Å²) in [5.74, 6) is -0.408. The van der Waals surface area contributed by atoms with Crippen LogP contribution in [-0.2, 0) is 29.1 Å². The zero-order valence-corrected chi connectivity index (χ0v) is 18.8. The predicted octanol–water partition coefficient (Wildman–Crippen LogP) is 3.94. The molecule has 0 bridgehead atoms. The minimum Gasteiger partial charge on any atom is -0.352 e. The second-order valence-corrected chi connectivity index (χ2v) is 9.06.